The van der Waals surface area contributed by atoms with E-state index in [1.807, 2.05) is 12.1 Å². The topological polar surface area (TPSA) is 37.3 Å². The second kappa shape index (κ2) is 6.97. The lowest BCUT2D eigenvalue weighted by Gasteiger charge is -2.12. The number of hydrogen-bond donors (Lipinski definition) is 1. The fourth-order valence-electron chi connectivity index (χ4n) is 3.57. The molecule has 0 aliphatic rings. The third kappa shape index (κ3) is 3.05. The van der Waals surface area contributed by atoms with Gasteiger partial charge in [0.05, 0.1) is 5.56 Å². The fourth-order valence-corrected chi connectivity index (χ4v) is 3.57. The summed E-state index contributed by atoms with van der Waals surface area (Å²) in [6.45, 7) is 2.18. The average molecular weight is 350 g/mol. The molecule has 0 aliphatic heterocycles. The van der Waals surface area contributed by atoms with E-state index in [9.17, 15) is 4.79 Å². The Labute approximate surface area is 158 Å². The predicted molar refractivity (Wildman–Crippen MR) is 110 cm³/mol. The molecule has 0 heterocycles. The first-order chi connectivity index (χ1) is 13.2. The lowest BCUT2D eigenvalue weighted by Crippen LogP contribution is -1.95. The van der Waals surface area contributed by atoms with Crippen LogP contribution in [0.15, 0.2) is 72.8 Å². The molecule has 27 heavy (non-hydrogen) atoms. The maximum absolute atomic E-state index is 11.0. The molecule has 0 atom stereocenters. The summed E-state index contributed by atoms with van der Waals surface area (Å²) in [4.78, 5) is 11.0. The summed E-state index contributed by atoms with van der Waals surface area (Å²) in [6.07, 6.45) is 0.964. The van der Waals surface area contributed by atoms with E-state index < -0.39 is 5.97 Å². The predicted octanol–water partition coefficient (Wildman–Crippen LogP) is 5.65. The highest BCUT2D eigenvalue weighted by Crippen LogP contribution is 2.32. The van der Waals surface area contributed by atoms with Gasteiger partial charge in [-0.15, -0.1) is 0 Å². The van der Waals surface area contributed by atoms with Crippen molar-refractivity contribution in [2.75, 3.05) is 0 Å². The Morgan fingerprint density at radius 3 is 1.78 bits per heavy atom. The van der Waals surface area contributed by atoms with Crippen LogP contribution in [-0.4, -0.2) is 11.1 Å². The lowest BCUT2D eigenvalue weighted by molar-refractivity contribution is 0.0697. The zero-order valence-corrected chi connectivity index (χ0v) is 15.0. The van der Waals surface area contributed by atoms with Crippen LogP contribution in [0.5, 0.6) is 0 Å². The van der Waals surface area contributed by atoms with Gasteiger partial charge in [-0.05, 0) is 57.8 Å². The number of carboxylic acids is 1. The molecule has 0 saturated heterocycles. The molecule has 0 saturated carbocycles. The third-order valence-corrected chi connectivity index (χ3v) is 4.86. The highest BCUT2D eigenvalue weighted by molar-refractivity contribution is 6.07. The van der Waals surface area contributed by atoms with Crippen LogP contribution in [0.4, 0.5) is 0 Å². The van der Waals surface area contributed by atoms with Crippen molar-refractivity contribution in [1.82, 2.24) is 0 Å². The van der Waals surface area contributed by atoms with Gasteiger partial charge in [0, 0.05) is 11.1 Å². The highest BCUT2D eigenvalue weighted by Gasteiger charge is 2.11. The molecule has 2 nitrogen and oxygen atoms in total. The van der Waals surface area contributed by atoms with Crippen LogP contribution in [0.2, 0.25) is 0 Å². The Hall–Kier alpha value is -3.57. The van der Waals surface area contributed by atoms with Gasteiger partial charge in [0.25, 0.3) is 0 Å². The maximum Gasteiger partial charge on any atom is 0.335 e. The number of rotatable bonds is 2. The number of aryl methyl sites for hydroxylation is 1. The van der Waals surface area contributed by atoms with Crippen LogP contribution in [0, 0.1) is 11.8 Å². The van der Waals surface area contributed by atoms with Gasteiger partial charge in [-0.3, -0.25) is 0 Å². The molecule has 0 amide bonds. The SMILES string of the molecule is CCc1c2ccccc2c(C#Cc2ccc(C(=O)O)cc2)c2ccccc12. The van der Waals surface area contributed by atoms with Gasteiger partial charge in [0.2, 0.25) is 0 Å². The second-order valence-corrected chi connectivity index (χ2v) is 6.43. The number of benzene rings is 4. The van der Waals surface area contributed by atoms with Crippen LogP contribution in [0.25, 0.3) is 21.5 Å². The number of hydrogen-bond acceptors (Lipinski definition) is 1. The van der Waals surface area contributed by atoms with Crippen molar-refractivity contribution in [2.24, 2.45) is 0 Å². The Balaban J connectivity index is 1.95. The molecule has 4 rings (SSSR count). The van der Waals surface area contributed by atoms with Gasteiger partial charge in [0.1, 0.15) is 0 Å². The van der Waals surface area contributed by atoms with Gasteiger partial charge in [-0.2, -0.15) is 0 Å². The first-order valence-electron chi connectivity index (χ1n) is 8.96. The molecule has 4 aromatic rings. The largest absolute Gasteiger partial charge is 0.478 e. The smallest absolute Gasteiger partial charge is 0.335 e. The molecule has 0 aromatic heterocycles. The van der Waals surface area contributed by atoms with Gasteiger partial charge in [-0.25, -0.2) is 4.79 Å². The van der Waals surface area contributed by atoms with E-state index in [1.165, 1.54) is 16.3 Å². The Kier molecular flexibility index (Phi) is 4.36. The second-order valence-electron chi connectivity index (χ2n) is 6.43. The quantitative estimate of drug-likeness (QED) is 0.374. The number of fused-ring (bicyclic) bond motifs is 2. The minimum atomic E-state index is -0.929. The van der Waals surface area contributed by atoms with Crippen LogP contribution in [-0.2, 0) is 6.42 Å². The maximum atomic E-state index is 11.0. The molecule has 130 valence electrons. The molecule has 0 unspecified atom stereocenters. The van der Waals surface area contributed by atoms with Crippen LogP contribution < -0.4 is 0 Å². The van der Waals surface area contributed by atoms with E-state index in [1.54, 1.807) is 24.3 Å². The summed E-state index contributed by atoms with van der Waals surface area (Å²) in [5, 5.41) is 13.8. The van der Waals surface area contributed by atoms with E-state index in [2.05, 4.69) is 55.2 Å². The molecule has 4 aromatic carbocycles. The number of carboxylic acid groups (broad SMARTS) is 1. The van der Waals surface area contributed by atoms with Crippen LogP contribution in [0.1, 0.15) is 34.0 Å². The summed E-state index contributed by atoms with van der Waals surface area (Å²) in [6, 6.07) is 23.5. The van der Waals surface area contributed by atoms with Gasteiger partial charge in [-0.1, -0.05) is 67.3 Å². The standard InChI is InChI=1S/C25H18O2/c1-2-19-20-7-3-5-9-22(20)24(23-10-6-4-8-21(19)23)16-13-17-11-14-18(15-12-17)25(26)27/h3-12,14-15H,2H2,1H3,(H,26,27). The molecular weight excluding hydrogens is 332 g/mol. The van der Waals surface area contributed by atoms with Crippen molar-refractivity contribution in [3.05, 3.63) is 95.1 Å². The molecular formula is C25H18O2. The zero-order chi connectivity index (χ0) is 18.8. The normalized spacial score (nSPS) is 10.6. The Morgan fingerprint density at radius 1 is 0.778 bits per heavy atom. The Bertz CT molecular complexity index is 1170. The van der Waals surface area contributed by atoms with Crippen molar-refractivity contribution in [3.8, 4) is 11.8 Å². The highest BCUT2D eigenvalue weighted by atomic mass is 16.4. The summed E-state index contributed by atoms with van der Waals surface area (Å²) in [5.41, 5.74) is 3.43. The van der Waals surface area contributed by atoms with E-state index >= 15 is 0 Å². The summed E-state index contributed by atoms with van der Waals surface area (Å²) < 4.78 is 0. The molecule has 0 fully saturated rings. The van der Waals surface area contributed by atoms with Crippen molar-refractivity contribution in [3.63, 3.8) is 0 Å². The molecule has 0 aliphatic carbocycles. The summed E-state index contributed by atoms with van der Waals surface area (Å²) in [5.74, 6) is 5.63. The Morgan fingerprint density at radius 2 is 1.30 bits per heavy atom. The molecule has 1 N–H and O–H groups in total. The average Bonchev–Trinajstić information content (AvgIpc) is 2.71. The van der Waals surface area contributed by atoms with E-state index in [-0.39, 0.29) is 5.56 Å². The minimum Gasteiger partial charge on any atom is -0.478 e. The molecule has 0 spiro atoms. The fraction of sp³-hybridized carbons (Fsp3) is 0.0800. The number of aromatic carboxylic acids is 1. The first kappa shape index (κ1) is 16.9. The third-order valence-electron chi connectivity index (χ3n) is 4.86. The molecule has 0 bridgehead atoms. The van der Waals surface area contributed by atoms with Crippen molar-refractivity contribution in [1.29, 1.82) is 0 Å². The van der Waals surface area contributed by atoms with E-state index in [0.717, 1.165) is 28.3 Å². The van der Waals surface area contributed by atoms with Crippen LogP contribution in [0.3, 0.4) is 0 Å². The van der Waals surface area contributed by atoms with Crippen molar-refractivity contribution in [2.45, 2.75) is 13.3 Å². The van der Waals surface area contributed by atoms with Gasteiger partial charge >= 0.3 is 5.97 Å². The van der Waals surface area contributed by atoms with E-state index in [0.29, 0.717) is 0 Å². The molecule has 0 radical (unpaired) electrons. The summed E-state index contributed by atoms with van der Waals surface area (Å²) in [7, 11) is 0. The van der Waals surface area contributed by atoms with E-state index in [4.69, 9.17) is 5.11 Å². The van der Waals surface area contributed by atoms with Crippen LogP contribution >= 0.6 is 0 Å². The van der Waals surface area contributed by atoms with Crippen molar-refractivity contribution >= 4 is 27.5 Å². The molecule has 2 heteroatoms. The monoisotopic (exact) mass is 350 g/mol. The first-order valence-corrected chi connectivity index (χ1v) is 8.96. The number of carbonyl (C=O) groups is 1. The van der Waals surface area contributed by atoms with Crippen molar-refractivity contribution < 1.29 is 9.90 Å². The summed E-state index contributed by atoms with van der Waals surface area (Å²) >= 11 is 0. The lowest BCUT2D eigenvalue weighted by atomic mass is 9.91. The zero-order valence-electron chi connectivity index (χ0n) is 15.0. The van der Waals surface area contributed by atoms with Gasteiger partial charge in [0.15, 0.2) is 0 Å². The minimum absolute atomic E-state index is 0.267. The van der Waals surface area contributed by atoms with Gasteiger partial charge < -0.3 is 5.11 Å².